The van der Waals surface area contributed by atoms with Crippen LogP contribution in [0.3, 0.4) is 0 Å². The van der Waals surface area contributed by atoms with Gasteiger partial charge >= 0.3 is 0 Å². The van der Waals surface area contributed by atoms with Crippen molar-refractivity contribution in [3.8, 4) is 0 Å². The van der Waals surface area contributed by atoms with E-state index in [1.165, 1.54) is 19.3 Å². The molecule has 1 atom stereocenters. The first kappa shape index (κ1) is 14.8. The van der Waals surface area contributed by atoms with Crippen molar-refractivity contribution < 1.29 is 4.79 Å². The van der Waals surface area contributed by atoms with E-state index in [2.05, 4.69) is 5.32 Å². The summed E-state index contributed by atoms with van der Waals surface area (Å²) in [4.78, 5) is 14.2. The molecule has 1 N–H and O–H groups in total. The summed E-state index contributed by atoms with van der Waals surface area (Å²) in [5, 5.41) is 3.49. The fourth-order valence-electron chi connectivity index (χ4n) is 2.56. The number of carbonyl (C=O) groups is 1. The molecule has 3 heteroatoms. The van der Waals surface area contributed by atoms with Crippen LogP contribution in [0, 0.1) is 0 Å². The third-order valence-corrected chi connectivity index (χ3v) is 3.76. The van der Waals surface area contributed by atoms with Crippen LogP contribution in [0.2, 0.25) is 0 Å². The molecule has 20 heavy (non-hydrogen) atoms. The molecule has 1 saturated heterocycles. The number of nitrogens with one attached hydrogen (secondary N) is 1. The topological polar surface area (TPSA) is 32.3 Å². The summed E-state index contributed by atoms with van der Waals surface area (Å²) >= 11 is 0. The normalized spacial score (nSPS) is 19.1. The molecule has 1 unspecified atom stereocenters. The molecule has 1 fully saturated rings. The second kappa shape index (κ2) is 7.85. The molecule has 0 spiro atoms. The fraction of sp³-hybridized carbons (Fsp3) is 0.471. The predicted octanol–water partition coefficient (Wildman–Crippen LogP) is 2.69. The first-order chi connectivity index (χ1) is 9.79. The highest BCUT2D eigenvalue weighted by molar-refractivity contribution is 5.91. The van der Waals surface area contributed by atoms with Crippen LogP contribution in [-0.4, -0.2) is 36.5 Å². The van der Waals surface area contributed by atoms with Gasteiger partial charge in [0.25, 0.3) is 0 Å². The highest BCUT2D eigenvalue weighted by Crippen LogP contribution is 2.09. The molecular weight excluding hydrogens is 248 g/mol. The number of carbonyl (C=O) groups excluding carboxylic acids is 1. The molecule has 0 radical (unpaired) electrons. The van der Waals surface area contributed by atoms with Crippen molar-refractivity contribution in [1.82, 2.24) is 10.2 Å². The van der Waals surface area contributed by atoms with Crippen molar-refractivity contribution in [3.63, 3.8) is 0 Å². The number of nitrogens with zero attached hydrogens (tertiary/aromatic N) is 1. The minimum absolute atomic E-state index is 0.101. The molecule has 1 heterocycles. The van der Waals surface area contributed by atoms with Gasteiger partial charge in [-0.3, -0.25) is 4.79 Å². The molecule has 2 rings (SSSR count). The first-order valence-corrected chi connectivity index (χ1v) is 7.55. The van der Waals surface area contributed by atoms with Gasteiger partial charge in [0.15, 0.2) is 0 Å². The molecule has 0 bridgehead atoms. The quantitative estimate of drug-likeness (QED) is 0.836. The van der Waals surface area contributed by atoms with Crippen molar-refractivity contribution in [2.24, 2.45) is 0 Å². The third kappa shape index (κ3) is 4.49. The Bertz CT molecular complexity index is 436. The van der Waals surface area contributed by atoms with E-state index in [9.17, 15) is 4.79 Å². The second-order valence-corrected chi connectivity index (χ2v) is 5.27. The number of hydrogen-bond acceptors (Lipinski definition) is 2. The van der Waals surface area contributed by atoms with Gasteiger partial charge in [-0.15, -0.1) is 0 Å². The van der Waals surface area contributed by atoms with Crippen molar-refractivity contribution in [2.75, 3.05) is 19.6 Å². The zero-order valence-corrected chi connectivity index (χ0v) is 12.2. The van der Waals surface area contributed by atoms with Crippen LogP contribution in [0.1, 0.15) is 31.7 Å². The highest BCUT2D eigenvalue weighted by Gasteiger charge is 2.17. The van der Waals surface area contributed by atoms with E-state index in [-0.39, 0.29) is 5.91 Å². The maximum absolute atomic E-state index is 12.2. The summed E-state index contributed by atoms with van der Waals surface area (Å²) in [6.45, 7) is 4.69. The molecule has 0 aromatic heterocycles. The number of benzene rings is 1. The maximum atomic E-state index is 12.2. The van der Waals surface area contributed by atoms with Gasteiger partial charge in [0.05, 0.1) is 0 Å². The molecule has 108 valence electrons. The molecule has 0 aliphatic carbocycles. The van der Waals surface area contributed by atoms with Gasteiger partial charge in [0, 0.05) is 25.2 Å². The van der Waals surface area contributed by atoms with Crippen molar-refractivity contribution in [3.05, 3.63) is 42.0 Å². The number of hydrogen-bond donors (Lipinski definition) is 1. The SMILES string of the molecule is CCN(CC1CCCCN1)C(=O)/C=C/c1ccccc1. The minimum Gasteiger partial charge on any atom is -0.338 e. The molecule has 1 aromatic carbocycles. The van der Waals surface area contributed by atoms with E-state index < -0.39 is 0 Å². The highest BCUT2D eigenvalue weighted by atomic mass is 16.2. The Morgan fingerprint density at radius 1 is 1.35 bits per heavy atom. The maximum Gasteiger partial charge on any atom is 0.246 e. The van der Waals surface area contributed by atoms with E-state index in [0.717, 1.165) is 25.2 Å². The van der Waals surface area contributed by atoms with Crippen LogP contribution in [0.5, 0.6) is 0 Å². The number of rotatable bonds is 5. The van der Waals surface area contributed by atoms with Crippen LogP contribution < -0.4 is 5.32 Å². The lowest BCUT2D eigenvalue weighted by molar-refractivity contribution is -0.126. The van der Waals surface area contributed by atoms with Gasteiger partial charge in [-0.25, -0.2) is 0 Å². The second-order valence-electron chi connectivity index (χ2n) is 5.27. The van der Waals surface area contributed by atoms with Crippen molar-refractivity contribution >= 4 is 12.0 Å². The van der Waals surface area contributed by atoms with E-state index in [1.54, 1.807) is 6.08 Å². The Kier molecular flexibility index (Phi) is 5.81. The Hall–Kier alpha value is -1.61. The van der Waals surface area contributed by atoms with Gasteiger partial charge < -0.3 is 10.2 Å². The molecule has 1 aliphatic heterocycles. The van der Waals surface area contributed by atoms with Crippen LogP contribution in [0.15, 0.2) is 36.4 Å². The van der Waals surface area contributed by atoms with Crippen molar-refractivity contribution in [2.45, 2.75) is 32.2 Å². The van der Waals surface area contributed by atoms with Crippen LogP contribution in [-0.2, 0) is 4.79 Å². The number of amides is 1. The Balaban J connectivity index is 1.89. The number of likely N-dealkylation sites (N-methyl/N-ethyl adjacent to an activating group) is 1. The standard InChI is InChI=1S/C17H24N2O/c1-2-19(14-16-10-6-7-13-18-16)17(20)12-11-15-8-4-3-5-9-15/h3-5,8-9,11-12,16,18H,2,6-7,10,13-14H2,1H3/b12-11+. The molecule has 1 aliphatic rings. The lowest BCUT2D eigenvalue weighted by atomic mass is 10.0. The van der Waals surface area contributed by atoms with Gasteiger partial charge in [0.1, 0.15) is 0 Å². The summed E-state index contributed by atoms with van der Waals surface area (Å²) in [5.74, 6) is 0.101. The lowest BCUT2D eigenvalue weighted by Crippen LogP contribution is -2.45. The lowest BCUT2D eigenvalue weighted by Gasteiger charge is -2.29. The van der Waals surface area contributed by atoms with Crippen LogP contribution >= 0.6 is 0 Å². The van der Waals surface area contributed by atoms with E-state index in [1.807, 2.05) is 48.2 Å². The average Bonchev–Trinajstić information content (AvgIpc) is 2.52. The largest absolute Gasteiger partial charge is 0.338 e. The summed E-state index contributed by atoms with van der Waals surface area (Å²) < 4.78 is 0. The van der Waals surface area contributed by atoms with Gasteiger partial charge in [-0.2, -0.15) is 0 Å². The van der Waals surface area contributed by atoms with E-state index in [4.69, 9.17) is 0 Å². The predicted molar refractivity (Wildman–Crippen MR) is 83.4 cm³/mol. The molecule has 3 nitrogen and oxygen atoms in total. The summed E-state index contributed by atoms with van der Waals surface area (Å²) in [5.41, 5.74) is 1.06. The smallest absolute Gasteiger partial charge is 0.246 e. The minimum atomic E-state index is 0.101. The van der Waals surface area contributed by atoms with Crippen LogP contribution in [0.25, 0.3) is 6.08 Å². The molecular formula is C17H24N2O. The summed E-state index contributed by atoms with van der Waals surface area (Å²) in [6.07, 6.45) is 7.26. The van der Waals surface area contributed by atoms with Gasteiger partial charge in [0.2, 0.25) is 5.91 Å². The Morgan fingerprint density at radius 2 is 2.15 bits per heavy atom. The van der Waals surface area contributed by atoms with Gasteiger partial charge in [-0.05, 0) is 37.9 Å². The van der Waals surface area contributed by atoms with Crippen molar-refractivity contribution in [1.29, 1.82) is 0 Å². The monoisotopic (exact) mass is 272 g/mol. The van der Waals surface area contributed by atoms with Crippen LogP contribution in [0.4, 0.5) is 0 Å². The zero-order valence-electron chi connectivity index (χ0n) is 12.2. The Morgan fingerprint density at radius 3 is 2.80 bits per heavy atom. The molecule has 1 aromatic rings. The molecule has 1 amide bonds. The first-order valence-electron chi connectivity index (χ1n) is 7.55. The number of piperidine rings is 1. The van der Waals surface area contributed by atoms with E-state index >= 15 is 0 Å². The van der Waals surface area contributed by atoms with Gasteiger partial charge in [-0.1, -0.05) is 36.8 Å². The fourth-order valence-corrected chi connectivity index (χ4v) is 2.56. The van der Waals surface area contributed by atoms with E-state index in [0.29, 0.717) is 6.04 Å². The Labute approximate surface area is 121 Å². The summed E-state index contributed by atoms with van der Waals surface area (Å²) in [7, 11) is 0. The third-order valence-electron chi connectivity index (χ3n) is 3.76. The average molecular weight is 272 g/mol. The molecule has 0 saturated carbocycles. The summed E-state index contributed by atoms with van der Waals surface area (Å²) in [6, 6.07) is 10.4. The zero-order chi connectivity index (χ0) is 14.2.